The van der Waals surface area contributed by atoms with Crippen molar-refractivity contribution in [2.45, 2.75) is 13.5 Å². The Hall–Kier alpha value is -2.21. The molecule has 0 aliphatic carbocycles. The standard InChI is InChI=1S/C22H19BrCl2N2O2/c1-14-3-2-4-17(9-14)27-22(28)13-29-21-8-5-15(10-18(21)23)12-26-20-7-6-16(24)11-19(20)25/h2-11,26H,12-13H2,1H3,(H,27,28). The smallest absolute Gasteiger partial charge is 0.262 e. The molecule has 3 aromatic rings. The predicted octanol–water partition coefficient (Wildman–Crippen LogP) is 6.69. The number of nitrogens with one attached hydrogen (secondary N) is 2. The molecule has 7 heteroatoms. The Morgan fingerprint density at radius 2 is 1.90 bits per heavy atom. The van der Waals surface area contributed by atoms with Gasteiger partial charge >= 0.3 is 0 Å². The van der Waals surface area contributed by atoms with E-state index in [1.807, 2.05) is 55.5 Å². The normalized spacial score (nSPS) is 10.5. The second-order valence-corrected chi connectivity index (χ2v) is 8.15. The third-order valence-electron chi connectivity index (χ3n) is 4.07. The van der Waals surface area contributed by atoms with Gasteiger partial charge in [-0.2, -0.15) is 0 Å². The highest BCUT2D eigenvalue weighted by atomic mass is 79.9. The molecule has 29 heavy (non-hydrogen) atoms. The maximum Gasteiger partial charge on any atom is 0.262 e. The molecule has 2 N–H and O–H groups in total. The highest BCUT2D eigenvalue weighted by molar-refractivity contribution is 9.10. The van der Waals surface area contributed by atoms with Crippen molar-refractivity contribution >= 4 is 56.4 Å². The lowest BCUT2D eigenvalue weighted by Crippen LogP contribution is -2.20. The Labute approximate surface area is 188 Å². The zero-order valence-electron chi connectivity index (χ0n) is 15.6. The monoisotopic (exact) mass is 492 g/mol. The summed E-state index contributed by atoms with van der Waals surface area (Å²) in [7, 11) is 0. The minimum Gasteiger partial charge on any atom is -0.483 e. The van der Waals surface area contributed by atoms with E-state index in [4.69, 9.17) is 27.9 Å². The van der Waals surface area contributed by atoms with Crippen molar-refractivity contribution in [2.75, 3.05) is 17.2 Å². The zero-order valence-corrected chi connectivity index (χ0v) is 18.7. The molecule has 150 valence electrons. The number of hydrogen-bond acceptors (Lipinski definition) is 3. The van der Waals surface area contributed by atoms with E-state index in [1.54, 1.807) is 12.1 Å². The van der Waals surface area contributed by atoms with Crippen molar-refractivity contribution < 1.29 is 9.53 Å². The molecule has 1 amide bonds. The number of benzene rings is 3. The predicted molar refractivity (Wildman–Crippen MR) is 123 cm³/mol. The summed E-state index contributed by atoms with van der Waals surface area (Å²) in [6, 6.07) is 18.6. The van der Waals surface area contributed by atoms with E-state index in [0.717, 1.165) is 27.0 Å². The van der Waals surface area contributed by atoms with Crippen molar-refractivity contribution in [2.24, 2.45) is 0 Å². The number of rotatable bonds is 7. The van der Waals surface area contributed by atoms with E-state index in [0.29, 0.717) is 22.3 Å². The Bertz CT molecular complexity index is 1030. The van der Waals surface area contributed by atoms with Gasteiger partial charge in [0.15, 0.2) is 6.61 Å². The number of hydrogen-bond donors (Lipinski definition) is 2. The van der Waals surface area contributed by atoms with Gasteiger partial charge in [-0.25, -0.2) is 0 Å². The molecule has 0 saturated carbocycles. The first-order valence-electron chi connectivity index (χ1n) is 8.87. The fraction of sp³-hybridized carbons (Fsp3) is 0.136. The fourth-order valence-corrected chi connectivity index (χ4v) is 3.68. The van der Waals surface area contributed by atoms with Crippen molar-refractivity contribution in [1.82, 2.24) is 0 Å². The van der Waals surface area contributed by atoms with Crippen LogP contribution in [0, 0.1) is 6.92 Å². The topological polar surface area (TPSA) is 50.4 Å². The van der Waals surface area contributed by atoms with Crippen LogP contribution in [0.15, 0.2) is 65.1 Å². The molecule has 0 aromatic heterocycles. The van der Waals surface area contributed by atoms with Crippen LogP contribution in [0.1, 0.15) is 11.1 Å². The SMILES string of the molecule is Cc1cccc(NC(=O)COc2ccc(CNc3ccc(Cl)cc3Cl)cc2Br)c1. The third-order valence-corrected chi connectivity index (χ3v) is 5.24. The Balaban J connectivity index is 1.54. The number of anilines is 2. The summed E-state index contributed by atoms with van der Waals surface area (Å²) in [4.78, 5) is 12.1. The van der Waals surface area contributed by atoms with Gasteiger partial charge in [0.25, 0.3) is 5.91 Å². The second-order valence-electron chi connectivity index (χ2n) is 6.45. The quantitative estimate of drug-likeness (QED) is 0.385. The Morgan fingerprint density at radius 3 is 2.62 bits per heavy atom. The van der Waals surface area contributed by atoms with Crippen LogP contribution in [0.25, 0.3) is 0 Å². The van der Waals surface area contributed by atoms with E-state index < -0.39 is 0 Å². The Kier molecular flexibility index (Phi) is 7.42. The molecule has 0 heterocycles. The first-order valence-corrected chi connectivity index (χ1v) is 10.4. The molecule has 3 aromatic carbocycles. The lowest BCUT2D eigenvalue weighted by molar-refractivity contribution is -0.118. The molecule has 0 fully saturated rings. The van der Waals surface area contributed by atoms with Gasteiger partial charge in [0.2, 0.25) is 0 Å². The number of amides is 1. The molecule has 0 radical (unpaired) electrons. The van der Waals surface area contributed by atoms with E-state index in [9.17, 15) is 4.79 Å². The van der Waals surface area contributed by atoms with Gasteiger partial charge in [-0.05, 0) is 76.4 Å². The fourth-order valence-electron chi connectivity index (χ4n) is 2.66. The first-order chi connectivity index (χ1) is 13.9. The molecule has 3 rings (SSSR count). The number of ether oxygens (including phenoxy) is 1. The maximum absolute atomic E-state index is 12.1. The summed E-state index contributed by atoms with van der Waals surface area (Å²) in [6.07, 6.45) is 0. The summed E-state index contributed by atoms with van der Waals surface area (Å²) in [5.74, 6) is 0.378. The first kappa shape index (κ1) is 21.5. The molecule has 0 saturated heterocycles. The summed E-state index contributed by atoms with van der Waals surface area (Å²) >= 11 is 15.6. The largest absolute Gasteiger partial charge is 0.483 e. The number of halogens is 3. The van der Waals surface area contributed by atoms with Crippen LogP contribution in [-0.4, -0.2) is 12.5 Å². The minimum absolute atomic E-state index is 0.0788. The van der Waals surface area contributed by atoms with Gasteiger partial charge in [0, 0.05) is 17.3 Å². The lowest BCUT2D eigenvalue weighted by Gasteiger charge is -2.12. The molecule has 0 aliphatic heterocycles. The van der Waals surface area contributed by atoms with Crippen LogP contribution in [0.5, 0.6) is 5.75 Å². The van der Waals surface area contributed by atoms with Gasteiger partial charge in [0.1, 0.15) is 5.75 Å². The van der Waals surface area contributed by atoms with E-state index in [1.165, 1.54) is 0 Å². The summed E-state index contributed by atoms with van der Waals surface area (Å²) < 4.78 is 6.40. The summed E-state index contributed by atoms with van der Waals surface area (Å²) in [5, 5.41) is 7.25. The number of aryl methyl sites for hydroxylation is 1. The van der Waals surface area contributed by atoms with Crippen molar-refractivity contribution in [3.05, 3.63) is 86.3 Å². The van der Waals surface area contributed by atoms with E-state index >= 15 is 0 Å². The average molecular weight is 494 g/mol. The number of carbonyl (C=O) groups is 1. The number of carbonyl (C=O) groups excluding carboxylic acids is 1. The molecule has 4 nitrogen and oxygen atoms in total. The Morgan fingerprint density at radius 1 is 1.07 bits per heavy atom. The summed E-state index contributed by atoms with van der Waals surface area (Å²) in [6.45, 7) is 2.47. The molecule has 0 atom stereocenters. The maximum atomic E-state index is 12.1. The minimum atomic E-state index is -0.217. The van der Waals surface area contributed by atoms with Crippen LogP contribution >= 0.6 is 39.1 Å². The molecular weight excluding hydrogens is 475 g/mol. The van der Waals surface area contributed by atoms with Crippen LogP contribution in [-0.2, 0) is 11.3 Å². The molecule has 0 spiro atoms. The van der Waals surface area contributed by atoms with Crippen LogP contribution in [0.3, 0.4) is 0 Å². The van der Waals surface area contributed by atoms with Crippen LogP contribution in [0.4, 0.5) is 11.4 Å². The van der Waals surface area contributed by atoms with Gasteiger partial charge in [0.05, 0.1) is 15.2 Å². The molecule has 0 bridgehead atoms. The van der Waals surface area contributed by atoms with Crippen molar-refractivity contribution in [1.29, 1.82) is 0 Å². The molecule has 0 aliphatic rings. The lowest BCUT2D eigenvalue weighted by atomic mass is 10.2. The van der Waals surface area contributed by atoms with Crippen LogP contribution < -0.4 is 15.4 Å². The van der Waals surface area contributed by atoms with Crippen LogP contribution in [0.2, 0.25) is 10.0 Å². The van der Waals surface area contributed by atoms with Crippen molar-refractivity contribution in [3.63, 3.8) is 0 Å². The second kappa shape index (κ2) is 10.0. The van der Waals surface area contributed by atoms with Gasteiger partial charge in [-0.15, -0.1) is 0 Å². The van der Waals surface area contributed by atoms with E-state index in [-0.39, 0.29) is 12.5 Å². The van der Waals surface area contributed by atoms with E-state index in [2.05, 4.69) is 26.6 Å². The summed E-state index contributed by atoms with van der Waals surface area (Å²) in [5.41, 5.74) is 3.66. The van der Waals surface area contributed by atoms with Gasteiger partial charge in [-0.3, -0.25) is 4.79 Å². The third kappa shape index (κ3) is 6.39. The molecule has 0 unspecified atom stereocenters. The van der Waals surface area contributed by atoms with Gasteiger partial charge in [-0.1, -0.05) is 41.4 Å². The highest BCUT2D eigenvalue weighted by Gasteiger charge is 2.08. The zero-order chi connectivity index (χ0) is 20.8. The average Bonchev–Trinajstić information content (AvgIpc) is 2.66. The highest BCUT2D eigenvalue weighted by Crippen LogP contribution is 2.28. The molecular formula is C22H19BrCl2N2O2. The van der Waals surface area contributed by atoms with Gasteiger partial charge < -0.3 is 15.4 Å². The van der Waals surface area contributed by atoms with Crippen molar-refractivity contribution in [3.8, 4) is 5.75 Å².